The van der Waals surface area contributed by atoms with Crippen LogP contribution in [0.1, 0.15) is 0 Å². The molecule has 0 saturated heterocycles. The van der Waals surface area contributed by atoms with Crippen LogP contribution in [0.5, 0.6) is 0 Å². The van der Waals surface area contributed by atoms with Crippen molar-refractivity contribution in [3.63, 3.8) is 0 Å². The quantitative estimate of drug-likeness (QED) is 0.203. The first-order valence-electron chi connectivity index (χ1n) is 8.73. The predicted molar refractivity (Wildman–Crippen MR) is 115 cm³/mol. The van der Waals surface area contributed by atoms with Gasteiger partial charge in [0.15, 0.2) is 10.3 Å². The maximum absolute atomic E-state index is 13.4. The number of rotatable bonds is 6. The lowest BCUT2D eigenvalue weighted by Gasteiger charge is -2.13. The first-order chi connectivity index (χ1) is 14.9. The fourth-order valence-corrected chi connectivity index (χ4v) is 4.18. The minimum absolute atomic E-state index is 0.0969. The van der Waals surface area contributed by atoms with Gasteiger partial charge >= 0.3 is 5.00 Å². The van der Waals surface area contributed by atoms with Crippen molar-refractivity contribution in [2.24, 2.45) is 0 Å². The number of nitro groups is 1. The minimum atomic E-state index is -0.595. The van der Waals surface area contributed by atoms with Gasteiger partial charge in [-0.05, 0) is 47.7 Å². The summed E-state index contributed by atoms with van der Waals surface area (Å²) in [6, 6.07) is 12.1. The van der Waals surface area contributed by atoms with Gasteiger partial charge < -0.3 is 5.32 Å². The third-order valence-corrected chi connectivity index (χ3v) is 5.88. The highest BCUT2D eigenvalue weighted by atomic mass is 32.2. The largest absolute Gasteiger partial charge is 0.345 e. The monoisotopic (exact) mass is 457 g/mol. The van der Waals surface area contributed by atoms with Gasteiger partial charge in [0.2, 0.25) is 5.91 Å². The van der Waals surface area contributed by atoms with Crippen molar-refractivity contribution < 1.29 is 14.1 Å². The number of amides is 1. The Morgan fingerprint density at radius 1 is 1.23 bits per heavy atom. The molecule has 2 aromatic heterocycles. The smallest absolute Gasteiger partial charge is 0.301 e. The fraction of sp³-hybridized carbons (Fsp3) is 0.0526. The molecule has 0 aliphatic carbocycles. The van der Waals surface area contributed by atoms with Crippen LogP contribution in [0.15, 0.2) is 64.7 Å². The molecule has 2 heterocycles. The molecule has 12 heteroatoms. The fourth-order valence-electron chi connectivity index (χ4n) is 2.72. The summed E-state index contributed by atoms with van der Waals surface area (Å²) in [6.45, 7) is 0. The van der Waals surface area contributed by atoms with Crippen LogP contribution in [0, 0.1) is 15.9 Å². The number of carbonyl (C=O) groups is 1. The molecule has 0 aliphatic heterocycles. The number of nitrogens with zero attached hydrogens (tertiary/aromatic N) is 4. The van der Waals surface area contributed by atoms with Gasteiger partial charge in [-0.25, -0.2) is 14.4 Å². The molecule has 0 saturated carbocycles. The average molecular weight is 457 g/mol. The molecular formula is C19H12FN5O4S2. The normalized spacial score (nSPS) is 10.9. The van der Waals surface area contributed by atoms with Crippen molar-refractivity contribution in [3.05, 3.63) is 81.0 Å². The molecule has 2 aromatic carbocycles. The van der Waals surface area contributed by atoms with Crippen LogP contribution in [0.4, 0.5) is 14.5 Å². The topological polar surface area (TPSA) is 120 Å². The lowest BCUT2D eigenvalue weighted by Crippen LogP contribution is -2.23. The number of carbonyl (C=O) groups excluding carboxylic acids is 1. The number of thioether (sulfide) groups is 1. The maximum atomic E-state index is 13.4. The summed E-state index contributed by atoms with van der Waals surface area (Å²) in [4.78, 5) is 43.8. The number of hydrogen-bond donors (Lipinski definition) is 1. The van der Waals surface area contributed by atoms with E-state index in [9.17, 15) is 24.1 Å². The standard InChI is InChI=1S/C19H12FN5O4S2/c20-11-5-7-12(8-6-11)24-17(27)13-3-1-2-4-14(13)22-19(24)30-10-15(26)23-18-21-9-16(31-18)25(28)29/h1-9H,10H2,(H,21,23,26). The second-order valence-corrected chi connectivity index (χ2v) is 8.08. The van der Waals surface area contributed by atoms with Crippen molar-refractivity contribution in [3.8, 4) is 5.69 Å². The zero-order chi connectivity index (χ0) is 22.0. The summed E-state index contributed by atoms with van der Waals surface area (Å²) in [7, 11) is 0. The Labute approximate surface area is 181 Å². The van der Waals surface area contributed by atoms with E-state index in [1.165, 1.54) is 28.8 Å². The van der Waals surface area contributed by atoms with Gasteiger partial charge in [-0.2, -0.15) is 0 Å². The summed E-state index contributed by atoms with van der Waals surface area (Å²) < 4.78 is 14.7. The Bertz CT molecular complexity index is 1350. The zero-order valence-corrected chi connectivity index (χ0v) is 17.2. The van der Waals surface area contributed by atoms with Crippen molar-refractivity contribution >= 4 is 50.0 Å². The van der Waals surface area contributed by atoms with Gasteiger partial charge in [-0.15, -0.1) is 0 Å². The van der Waals surface area contributed by atoms with E-state index in [1.54, 1.807) is 24.3 Å². The molecule has 4 aromatic rings. The lowest BCUT2D eigenvalue weighted by molar-refractivity contribution is -0.380. The molecule has 0 bridgehead atoms. The minimum Gasteiger partial charge on any atom is -0.301 e. The number of fused-ring (bicyclic) bond motifs is 1. The summed E-state index contributed by atoms with van der Waals surface area (Å²) in [5, 5.41) is 13.8. The Morgan fingerprint density at radius 2 is 1.97 bits per heavy atom. The molecular weight excluding hydrogens is 445 g/mol. The maximum Gasteiger partial charge on any atom is 0.345 e. The number of hydrogen-bond acceptors (Lipinski definition) is 8. The lowest BCUT2D eigenvalue weighted by atomic mass is 10.2. The third kappa shape index (κ3) is 4.44. The van der Waals surface area contributed by atoms with Crippen LogP contribution in [0.3, 0.4) is 0 Å². The van der Waals surface area contributed by atoms with Crippen molar-refractivity contribution in [1.29, 1.82) is 0 Å². The molecule has 0 unspecified atom stereocenters. The number of benzene rings is 2. The van der Waals surface area contributed by atoms with Crippen molar-refractivity contribution in [2.75, 3.05) is 11.1 Å². The van der Waals surface area contributed by atoms with E-state index >= 15 is 0 Å². The zero-order valence-electron chi connectivity index (χ0n) is 15.5. The van der Waals surface area contributed by atoms with E-state index in [4.69, 9.17) is 0 Å². The summed E-state index contributed by atoms with van der Waals surface area (Å²) in [5.41, 5.74) is 0.517. The average Bonchev–Trinajstić information content (AvgIpc) is 3.22. The number of halogens is 1. The van der Waals surface area contributed by atoms with Crippen LogP contribution in [-0.2, 0) is 4.79 Å². The van der Waals surface area contributed by atoms with Gasteiger partial charge in [-0.1, -0.05) is 23.9 Å². The Balaban J connectivity index is 1.63. The third-order valence-electron chi connectivity index (χ3n) is 4.08. The van der Waals surface area contributed by atoms with Crippen LogP contribution < -0.4 is 10.9 Å². The first-order valence-corrected chi connectivity index (χ1v) is 10.5. The van der Waals surface area contributed by atoms with E-state index in [2.05, 4.69) is 15.3 Å². The van der Waals surface area contributed by atoms with Crippen LogP contribution in [-0.4, -0.2) is 31.1 Å². The SMILES string of the molecule is O=C(CSc1nc2ccccc2c(=O)n1-c1ccc(F)cc1)Nc1ncc([N+](=O)[O-])s1. The highest BCUT2D eigenvalue weighted by molar-refractivity contribution is 7.99. The number of nitrogens with one attached hydrogen (secondary N) is 1. The van der Waals surface area contributed by atoms with E-state index in [-0.39, 0.29) is 26.6 Å². The molecule has 0 fully saturated rings. The van der Waals surface area contributed by atoms with Crippen LogP contribution in [0.2, 0.25) is 0 Å². The van der Waals surface area contributed by atoms with E-state index in [1.807, 2.05) is 0 Å². The van der Waals surface area contributed by atoms with Gasteiger partial charge in [0.05, 0.1) is 27.3 Å². The van der Waals surface area contributed by atoms with Crippen molar-refractivity contribution in [2.45, 2.75) is 5.16 Å². The number of aromatic nitrogens is 3. The Hall–Kier alpha value is -3.64. The van der Waals surface area contributed by atoms with Gasteiger partial charge in [0.25, 0.3) is 5.56 Å². The molecule has 0 radical (unpaired) electrons. The van der Waals surface area contributed by atoms with Crippen LogP contribution >= 0.6 is 23.1 Å². The van der Waals surface area contributed by atoms with Crippen LogP contribution in [0.25, 0.3) is 16.6 Å². The molecule has 1 amide bonds. The predicted octanol–water partition coefficient (Wildman–Crippen LogP) is 3.62. The summed E-state index contributed by atoms with van der Waals surface area (Å²) >= 11 is 1.74. The molecule has 0 atom stereocenters. The second kappa shape index (κ2) is 8.62. The van der Waals surface area contributed by atoms with Gasteiger partial charge in [-0.3, -0.25) is 24.3 Å². The number of thiazole rings is 1. The molecule has 31 heavy (non-hydrogen) atoms. The molecule has 9 nitrogen and oxygen atoms in total. The van der Waals surface area contributed by atoms with E-state index < -0.39 is 16.6 Å². The molecule has 0 aliphatic rings. The highest BCUT2D eigenvalue weighted by Crippen LogP contribution is 2.26. The first kappa shape index (κ1) is 20.6. The Kier molecular flexibility index (Phi) is 5.73. The summed E-state index contributed by atoms with van der Waals surface area (Å²) in [5.74, 6) is -1.04. The van der Waals surface area contributed by atoms with E-state index in [0.29, 0.717) is 16.6 Å². The highest BCUT2D eigenvalue weighted by Gasteiger charge is 2.17. The number of anilines is 1. The Morgan fingerprint density at radius 3 is 2.68 bits per heavy atom. The van der Waals surface area contributed by atoms with Gasteiger partial charge in [0, 0.05) is 0 Å². The molecule has 0 spiro atoms. The molecule has 1 N–H and O–H groups in total. The van der Waals surface area contributed by atoms with Crippen molar-refractivity contribution in [1.82, 2.24) is 14.5 Å². The number of para-hydroxylation sites is 1. The second-order valence-electron chi connectivity index (χ2n) is 6.13. The summed E-state index contributed by atoms with van der Waals surface area (Å²) in [6.07, 6.45) is 1.06. The molecule has 4 rings (SSSR count). The van der Waals surface area contributed by atoms with Gasteiger partial charge in [0.1, 0.15) is 12.0 Å². The van der Waals surface area contributed by atoms with E-state index in [0.717, 1.165) is 29.3 Å². The molecule has 156 valence electrons.